The summed E-state index contributed by atoms with van der Waals surface area (Å²) in [6.45, 7) is 28.5. The molecule has 7 heteroatoms. The summed E-state index contributed by atoms with van der Waals surface area (Å²) < 4.78 is 8.95. The molecule has 0 saturated carbocycles. The predicted molar refractivity (Wildman–Crippen MR) is 251 cm³/mol. The lowest BCUT2D eigenvalue weighted by atomic mass is 9.80. The molecule has 0 saturated heterocycles. The number of nitriles is 1. The van der Waals surface area contributed by atoms with Crippen molar-refractivity contribution in [2.45, 2.75) is 98.2 Å². The molecule has 300 valence electrons. The molecule has 0 N–H and O–H groups in total. The summed E-state index contributed by atoms with van der Waals surface area (Å²) >= 11 is 0. The van der Waals surface area contributed by atoms with Crippen molar-refractivity contribution < 1.29 is 4.74 Å². The summed E-state index contributed by atoms with van der Waals surface area (Å²) in [6.07, 6.45) is 1.89. The van der Waals surface area contributed by atoms with Crippen molar-refractivity contribution in [3.8, 4) is 23.4 Å². The fourth-order valence-electron chi connectivity index (χ4n) is 8.23. The van der Waals surface area contributed by atoms with E-state index in [1.165, 1.54) is 38.9 Å². The van der Waals surface area contributed by atoms with Gasteiger partial charge in [0.25, 0.3) is 0 Å². The smallest absolute Gasteiger partial charge is 0.137 e. The maximum atomic E-state index is 9.79. The molecule has 0 unspecified atom stereocenters. The molecule has 1 aliphatic heterocycles. The van der Waals surface area contributed by atoms with Crippen LogP contribution in [0.25, 0.3) is 27.6 Å². The number of hydrogen-bond acceptors (Lipinski definition) is 5. The number of para-hydroxylation sites is 1. The Balaban J connectivity index is 1.21. The van der Waals surface area contributed by atoms with E-state index in [0.29, 0.717) is 12.2 Å². The molecule has 0 bridgehead atoms. The van der Waals surface area contributed by atoms with Gasteiger partial charge in [-0.15, -0.1) is 0 Å². The van der Waals surface area contributed by atoms with Gasteiger partial charge in [0.15, 0.2) is 0 Å². The van der Waals surface area contributed by atoms with Crippen LogP contribution in [0.2, 0.25) is 19.6 Å². The van der Waals surface area contributed by atoms with E-state index in [1.54, 1.807) is 0 Å². The average molecular weight is 796 g/mol. The monoisotopic (exact) mass is 795 g/mol. The van der Waals surface area contributed by atoms with Gasteiger partial charge >= 0.3 is 0 Å². The van der Waals surface area contributed by atoms with Crippen molar-refractivity contribution in [1.29, 1.82) is 5.26 Å². The van der Waals surface area contributed by atoms with Gasteiger partial charge in [-0.05, 0) is 111 Å². The highest BCUT2D eigenvalue weighted by molar-refractivity contribution is 6.90. The number of nitrogens with zero attached hydrogens (tertiary/aromatic N) is 5. The highest BCUT2D eigenvalue weighted by Gasteiger charge is 2.35. The summed E-state index contributed by atoms with van der Waals surface area (Å²) in [6, 6.07) is 41.2. The zero-order chi connectivity index (χ0) is 42.2. The van der Waals surface area contributed by atoms with Crippen molar-refractivity contribution in [3.63, 3.8) is 0 Å². The zero-order valence-electron chi connectivity index (χ0n) is 36.8. The Hall–Kier alpha value is -5.84. The first-order chi connectivity index (χ1) is 27.7. The molecule has 6 nitrogen and oxygen atoms in total. The Kier molecular flexibility index (Phi) is 9.59. The second kappa shape index (κ2) is 14.2. The van der Waals surface area contributed by atoms with Gasteiger partial charge in [0, 0.05) is 40.5 Å². The van der Waals surface area contributed by atoms with Gasteiger partial charge < -0.3 is 14.5 Å². The molecule has 0 radical (unpaired) electrons. The van der Waals surface area contributed by atoms with E-state index in [4.69, 9.17) is 9.72 Å². The maximum Gasteiger partial charge on any atom is 0.137 e. The first-order valence-corrected chi connectivity index (χ1v) is 24.3. The van der Waals surface area contributed by atoms with Crippen LogP contribution >= 0.6 is 0 Å². The lowest BCUT2D eigenvalue weighted by Gasteiger charge is -2.31. The average Bonchev–Trinajstić information content (AvgIpc) is 3.72. The normalized spacial score (nSPS) is 13.6. The molecule has 7 aromatic rings. The molecule has 59 heavy (non-hydrogen) atoms. The van der Waals surface area contributed by atoms with Crippen LogP contribution in [-0.2, 0) is 16.2 Å². The number of rotatable bonds is 6. The van der Waals surface area contributed by atoms with Crippen molar-refractivity contribution in [2.24, 2.45) is 0 Å². The zero-order valence-corrected chi connectivity index (χ0v) is 37.8. The minimum absolute atomic E-state index is 0.00610. The number of fused-ring (bicyclic) bond motifs is 4. The largest absolute Gasteiger partial charge is 0.457 e. The third-order valence-corrected chi connectivity index (χ3v) is 13.7. The number of pyridine rings is 1. The number of hydrogen-bond donors (Lipinski definition) is 0. The summed E-state index contributed by atoms with van der Waals surface area (Å²) in [5.74, 6) is 2.32. The van der Waals surface area contributed by atoms with Crippen LogP contribution in [-0.4, -0.2) is 24.3 Å². The molecule has 0 spiro atoms. The Morgan fingerprint density at radius 2 is 1.29 bits per heavy atom. The second-order valence-electron chi connectivity index (χ2n) is 20.3. The lowest BCUT2D eigenvalue weighted by molar-refractivity contribution is 0.483. The molecule has 3 heterocycles. The van der Waals surface area contributed by atoms with Gasteiger partial charge in [0.05, 0.1) is 42.1 Å². The van der Waals surface area contributed by atoms with Gasteiger partial charge in [-0.25, -0.2) is 4.98 Å². The van der Waals surface area contributed by atoms with Gasteiger partial charge in [-0.1, -0.05) is 106 Å². The quantitative estimate of drug-likeness (QED) is 0.157. The standard InChI is InChI=1S/C52H57N5OSi/c1-50(2,3)35-23-24-54-48(29-35)57-44-22-19-34(32-53)25-43(44)42-21-20-41(31-46(42)57)58-40-16-13-15-38(30-40)55-33-56(49-45(55)17-14-18-47(49)59(10,11)12)39-27-36(51(4,5)6)26-37(28-39)52(7,8)9/h13-31H,33H2,1-12H3. The highest BCUT2D eigenvalue weighted by Crippen LogP contribution is 2.47. The Bertz CT molecular complexity index is 2770. The van der Waals surface area contributed by atoms with Crippen LogP contribution in [0.15, 0.2) is 115 Å². The molecule has 0 amide bonds. The first kappa shape index (κ1) is 40.0. The number of ether oxygens (including phenoxy) is 1. The van der Waals surface area contributed by atoms with Crippen molar-refractivity contribution in [3.05, 3.63) is 138 Å². The highest BCUT2D eigenvalue weighted by atomic mass is 28.3. The van der Waals surface area contributed by atoms with E-state index in [-0.39, 0.29) is 16.2 Å². The topological polar surface area (TPSA) is 57.3 Å². The minimum Gasteiger partial charge on any atom is -0.457 e. The summed E-state index contributed by atoms with van der Waals surface area (Å²) in [7, 11) is -1.76. The van der Waals surface area contributed by atoms with E-state index in [9.17, 15) is 5.26 Å². The summed E-state index contributed by atoms with van der Waals surface area (Å²) in [5, 5.41) is 13.3. The summed E-state index contributed by atoms with van der Waals surface area (Å²) in [4.78, 5) is 9.85. The second-order valence-corrected chi connectivity index (χ2v) is 25.3. The van der Waals surface area contributed by atoms with Gasteiger partial charge in [0.2, 0.25) is 0 Å². The molecule has 2 aromatic heterocycles. The van der Waals surface area contributed by atoms with Crippen LogP contribution in [0.1, 0.15) is 84.6 Å². The number of aromatic nitrogens is 2. The van der Waals surface area contributed by atoms with Crippen molar-refractivity contribution >= 4 is 57.8 Å². The molecular formula is C52H57N5OSi. The van der Waals surface area contributed by atoms with Crippen LogP contribution in [0.5, 0.6) is 11.5 Å². The lowest BCUT2D eigenvalue weighted by Crippen LogP contribution is -2.40. The van der Waals surface area contributed by atoms with Gasteiger partial charge in [-0.2, -0.15) is 5.26 Å². The van der Waals surface area contributed by atoms with Crippen molar-refractivity contribution in [2.75, 3.05) is 16.5 Å². The Morgan fingerprint density at radius 1 is 0.610 bits per heavy atom. The SMILES string of the molecule is CC(C)(C)c1cc(N2CN(c3cccc(Oc4ccc5c6cc(C#N)ccc6n(-c6cc(C(C)(C)C)ccn6)c5c4)c3)c3cccc([Si](C)(C)C)c32)cc(C(C)(C)C)c1. The predicted octanol–water partition coefficient (Wildman–Crippen LogP) is 13.5. The molecular weight excluding hydrogens is 739 g/mol. The number of anilines is 4. The molecule has 0 aliphatic carbocycles. The van der Waals surface area contributed by atoms with E-state index >= 15 is 0 Å². The van der Waals surface area contributed by atoms with Crippen LogP contribution in [0.3, 0.4) is 0 Å². The first-order valence-electron chi connectivity index (χ1n) is 20.8. The third kappa shape index (κ3) is 7.51. The van der Waals surface area contributed by atoms with Crippen molar-refractivity contribution in [1.82, 2.24) is 9.55 Å². The van der Waals surface area contributed by atoms with Gasteiger partial charge in [0.1, 0.15) is 24.0 Å². The molecule has 0 atom stereocenters. The van der Waals surface area contributed by atoms with E-state index in [0.717, 1.165) is 44.8 Å². The van der Waals surface area contributed by atoms with E-state index in [2.05, 4.69) is 181 Å². The molecule has 0 fully saturated rings. The minimum atomic E-state index is -1.76. The van der Waals surface area contributed by atoms with Crippen LogP contribution in [0, 0.1) is 11.3 Å². The van der Waals surface area contributed by atoms with Crippen LogP contribution in [0.4, 0.5) is 22.7 Å². The fourth-order valence-corrected chi connectivity index (χ4v) is 9.80. The van der Waals surface area contributed by atoms with E-state index in [1.807, 2.05) is 36.5 Å². The molecule has 1 aliphatic rings. The Morgan fingerprint density at radius 3 is 1.95 bits per heavy atom. The molecule has 8 rings (SSSR count). The van der Waals surface area contributed by atoms with E-state index < -0.39 is 8.07 Å². The number of benzene rings is 5. The third-order valence-electron chi connectivity index (χ3n) is 11.7. The van der Waals surface area contributed by atoms with Crippen LogP contribution < -0.4 is 19.7 Å². The van der Waals surface area contributed by atoms with Gasteiger partial charge in [-0.3, -0.25) is 4.57 Å². The maximum absolute atomic E-state index is 9.79. The summed E-state index contributed by atoms with van der Waals surface area (Å²) in [5.41, 5.74) is 11.3. The Labute approximate surface area is 351 Å². The molecule has 5 aromatic carbocycles. The fraction of sp³-hybridized carbons (Fsp3) is 0.308.